The van der Waals surface area contributed by atoms with Crippen LogP contribution in [0.5, 0.6) is 11.5 Å². The van der Waals surface area contributed by atoms with Crippen molar-refractivity contribution in [3.8, 4) is 11.5 Å². The zero-order chi connectivity index (χ0) is 14.9. The third-order valence-corrected chi connectivity index (χ3v) is 4.18. The molecular weight excluding hydrogens is 264 g/mol. The standard InChI is InChI=1S/C18H20O3/c1-13-5-3-4-6-15(13)18(2,11-19)10-14-7-8-16-17(9-14)21-12-20-16/h3-9,19H,10-12H2,1-2H3. The first-order valence-electron chi connectivity index (χ1n) is 7.18. The Morgan fingerprint density at radius 2 is 1.86 bits per heavy atom. The lowest BCUT2D eigenvalue weighted by atomic mass is 9.76. The summed E-state index contributed by atoms with van der Waals surface area (Å²) in [6, 6.07) is 14.2. The Morgan fingerprint density at radius 1 is 1.10 bits per heavy atom. The van der Waals surface area contributed by atoms with Crippen molar-refractivity contribution in [2.45, 2.75) is 25.7 Å². The van der Waals surface area contributed by atoms with E-state index in [-0.39, 0.29) is 18.8 Å². The van der Waals surface area contributed by atoms with E-state index in [1.54, 1.807) is 0 Å². The zero-order valence-electron chi connectivity index (χ0n) is 12.4. The summed E-state index contributed by atoms with van der Waals surface area (Å²) in [5.74, 6) is 1.58. The fraction of sp³-hybridized carbons (Fsp3) is 0.333. The molecule has 0 bridgehead atoms. The Hall–Kier alpha value is -2.00. The van der Waals surface area contributed by atoms with E-state index in [2.05, 4.69) is 26.0 Å². The second kappa shape index (κ2) is 5.41. The van der Waals surface area contributed by atoms with E-state index in [4.69, 9.17) is 9.47 Å². The van der Waals surface area contributed by atoms with E-state index in [1.807, 2.05) is 30.3 Å². The quantitative estimate of drug-likeness (QED) is 0.937. The van der Waals surface area contributed by atoms with Crippen LogP contribution in [0.15, 0.2) is 42.5 Å². The van der Waals surface area contributed by atoms with E-state index < -0.39 is 0 Å². The van der Waals surface area contributed by atoms with Crippen LogP contribution in [-0.2, 0) is 11.8 Å². The molecule has 3 heteroatoms. The molecule has 3 rings (SSSR count). The molecule has 2 aromatic rings. The molecule has 1 atom stereocenters. The van der Waals surface area contributed by atoms with E-state index in [9.17, 15) is 5.11 Å². The highest BCUT2D eigenvalue weighted by atomic mass is 16.7. The summed E-state index contributed by atoms with van der Waals surface area (Å²) in [6.07, 6.45) is 0.755. The maximum atomic E-state index is 9.96. The van der Waals surface area contributed by atoms with Crippen LogP contribution in [0.4, 0.5) is 0 Å². The molecule has 0 saturated carbocycles. The largest absolute Gasteiger partial charge is 0.454 e. The smallest absolute Gasteiger partial charge is 0.231 e. The Balaban J connectivity index is 1.92. The Kier molecular flexibility index (Phi) is 3.60. The number of hydrogen-bond donors (Lipinski definition) is 1. The summed E-state index contributed by atoms with van der Waals surface area (Å²) in [7, 11) is 0. The highest BCUT2D eigenvalue weighted by Gasteiger charge is 2.28. The number of fused-ring (bicyclic) bond motifs is 1. The van der Waals surface area contributed by atoms with Gasteiger partial charge in [-0.1, -0.05) is 37.3 Å². The summed E-state index contributed by atoms with van der Waals surface area (Å²) in [4.78, 5) is 0. The summed E-state index contributed by atoms with van der Waals surface area (Å²) in [5.41, 5.74) is 3.22. The maximum Gasteiger partial charge on any atom is 0.231 e. The number of aliphatic hydroxyl groups excluding tert-OH is 1. The van der Waals surface area contributed by atoms with Gasteiger partial charge in [-0.15, -0.1) is 0 Å². The highest BCUT2D eigenvalue weighted by Crippen LogP contribution is 2.36. The van der Waals surface area contributed by atoms with Crippen molar-refractivity contribution in [3.05, 3.63) is 59.2 Å². The summed E-state index contributed by atoms with van der Waals surface area (Å²) in [5, 5.41) is 9.96. The van der Waals surface area contributed by atoms with Crippen LogP contribution in [0.3, 0.4) is 0 Å². The zero-order valence-corrected chi connectivity index (χ0v) is 12.4. The van der Waals surface area contributed by atoms with Gasteiger partial charge in [0.15, 0.2) is 11.5 Å². The minimum atomic E-state index is -0.307. The number of ether oxygens (including phenoxy) is 2. The Morgan fingerprint density at radius 3 is 2.62 bits per heavy atom. The molecule has 1 heterocycles. The number of aryl methyl sites for hydroxylation is 1. The second-order valence-electron chi connectivity index (χ2n) is 5.90. The third kappa shape index (κ3) is 2.61. The monoisotopic (exact) mass is 284 g/mol. The topological polar surface area (TPSA) is 38.7 Å². The fourth-order valence-corrected chi connectivity index (χ4v) is 2.99. The highest BCUT2D eigenvalue weighted by molar-refractivity contribution is 5.45. The summed E-state index contributed by atoms with van der Waals surface area (Å²) >= 11 is 0. The van der Waals surface area contributed by atoms with Crippen molar-refractivity contribution in [1.82, 2.24) is 0 Å². The van der Waals surface area contributed by atoms with E-state index in [0.29, 0.717) is 0 Å². The normalized spacial score (nSPS) is 15.8. The van der Waals surface area contributed by atoms with Gasteiger partial charge in [0.05, 0.1) is 6.61 Å². The van der Waals surface area contributed by atoms with Crippen LogP contribution in [0.1, 0.15) is 23.6 Å². The van der Waals surface area contributed by atoms with Gasteiger partial charge in [0.1, 0.15) is 0 Å². The minimum Gasteiger partial charge on any atom is -0.454 e. The van der Waals surface area contributed by atoms with Crippen molar-refractivity contribution in [2.75, 3.05) is 13.4 Å². The van der Waals surface area contributed by atoms with E-state index >= 15 is 0 Å². The van der Waals surface area contributed by atoms with Gasteiger partial charge < -0.3 is 14.6 Å². The van der Waals surface area contributed by atoms with Crippen LogP contribution in [-0.4, -0.2) is 18.5 Å². The van der Waals surface area contributed by atoms with Crippen LogP contribution in [0, 0.1) is 6.92 Å². The fourth-order valence-electron chi connectivity index (χ4n) is 2.99. The molecule has 0 spiro atoms. The lowest BCUT2D eigenvalue weighted by molar-refractivity contribution is 0.174. The number of benzene rings is 2. The van der Waals surface area contributed by atoms with Crippen molar-refractivity contribution < 1.29 is 14.6 Å². The lowest BCUT2D eigenvalue weighted by Crippen LogP contribution is -2.30. The van der Waals surface area contributed by atoms with Gasteiger partial charge in [0, 0.05) is 5.41 Å². The van der Waals surface area contributed by atoms with Crippen molar-refractivity contribution in [2.24, 2.45) is 0 Å². The minimum absolute atomic E-state index is 0.103. The summed E-state index contributed by atoms with van der Waals surface area (Å²) in [6.45, 7) is 4.57. The van der Waals surface area contributed by atoms with Gasteiger partial charge >= 0.3 is 0 Å². The average molecular weight is 284 g/mol. The molecule has 1 aliphatic rings. The molecule has 0 fully saturated rings. The van der Waals surface area contributed by atoms with Crippen molar-refractivity contribution >= 4 is 0 Å². The molecular formula is C18H20O3. The van der Waals surface area contributed by atoms with Crippen molar-refractivity contribution in [3.63, 3.8) is 0 Å². The summed E-state index contributed by atoms with van der Waals surface area (Å²) < 4.78 is 10.8. The SMILES string of the molecule is Cc1ccccc1C(C)(CO)Cc1ccc2c(c1)OCO2. The molecule has 2 aromatic carbocycles. The molecule has 0 saturated heterocycles. The molecule has 21 heavy (non-hydrogen) atoms. The van der Waals surface area contributed by atoms with Crippen LogP contribution in [0.2, 0.25) is 0 Å². The first-order valence-corrected chi connectivity index (χ1v) is 7.18. The molecule has 3 nitrogen and oxygen atoms in total. The van der Waals surface area contributed by atoms with E-state index in [1.165, 1.54) is 11.1 Å². The molecule has 110 valence electrons. The van der Waals surface area contributed by atoms with Gasteiger partial charge in [-0.05, 0) is 42.2 Å². The predicted molar refractivity (Wildman–Crippen MR) is 81.9 cm³/mol. The molecule has 0 aromatic heterocycles. The molecule has 1 N–H and O–H groups in total. The van der Waals surface area contributed by atoms with Crippen LogP contribution >= 0.6 is 0 Å². The van der Waals surface area contributed by atoms with E-state index in [0.717, 1.165) is 23.5 Å². The third-order valence-electron chi connectivity index (χ3n) is 4.18. The average Bonchev–Trinajstić information content (AvgIpc) is 2.95. The number of hydrogen-bond acceptors (Lipinski definition) is 3. The lowest BCUT2D eigenvalue weighted by Gasteiger charge is -2.30. The van der Waals surface area contributed by atoms with Gasteiger partial charge in [0.2, 0.25) is 6.79 Å². The molecule has 1 aliphatic heterocycles. The maximum absolute atomic E-state index is 9.96. The van der Waals surface area contributed by atoms with Crippen LogP contribution < -0.4 is 9.47 Å². The van der Waals surface area contributed by atoms with Crippen LogP contribution in [0.25, 0.3) is 0 Å². The van der Waals surface area contributed by atoms with Gasteiger partial charge in [-0.3, -0.25) is 0 Å². The Labute approximate surface area is 125 Å². The molecule has 0 radical (unpaired) electrons. The number of rotatable bonds is 4. The van der Waals surface area contributed by atoms with Gasteiger partial charge in [0.25, 0.3) is 0 Å². The Bertz CT molecular complexity index is 651. The molecule has 0 aliphatic carbocycles. The first-order chi connectivity index (χ1) is 10.1. The van der Waals surface area contributed by atoms with Gasteiger partial charge in [-0.25, -0.2) is 0 Å². The van der Waals surface area contributed by atoms with Gasteiger partial charge in [-0.2, -0.15) is 0 Å². The second-order valence-corrected chi connectivity index (χ2v) is 5.90. The molecule has 0 amide bonds. The number of aliphatic hydroxyl groups is 1. The first kappa shape index (κ1) is 14.0. The predicted octanol–water partition coefficient (Wildman–Crippen LogP) is 3.22. The molecule has 1 unspecified atom stereocenters. The van der Waals surface area contributed by atoms with Crippen molar-refractivity contribution in [1.29, 1.82) is 0 Å².